The van der Waals surface area contributed by atoms with E-state index in [1.54, 1.807) is 0 Å². The van der Waals surface area contributed by atoms with Crippen molar-refractivity contribution in [1.29, 1.82) is 0 Å². The Bertz CT molecular complexity index is 274. The molecule has 3 N–H and O–H groups in total. The summed E-state index contributed by atoms with van der Waals surface area (Å²) in [5.74, 6) is 0. The van der Waals surface area contributed by atoms with Gasteiger partial charge < -0.3 is 15.7 Å². The molecule has 13 heavy (non-hydrogen) atoms. The number of nitrogens with zero attached hydrogens (tertiary/aromatic N) is 1. The number of nitrogens with two attached hydrogens (primary N) is 1. The average Bonchev–Trinajstić information content (AvgIpc) is 2.58. The van der Waals surface area contributed by atoms with Gasteiger partial charge in [0, 0.05) is 13.6 Å². The van der Waals surface area contributed by atoms with Crippen LogP contribution < -0.4 is 5.73 Å². The molecule has 5 heteroatoms. The number of likely N-dealkylation sites (N-methyl/N-ethyl adjacent to an activating group) is 1. The monoisotopic (exact) mass is 200 g/mol. The van der Waals surface area contributed by atoms with Crippen LogP contribution >= 0.6 is 11.3 Å². The summed E-state index contributed by atoms with van der Waals surface area (Å²) >= 11 is 1.54. The van der Waals surface area contributed by atoms with E-state index >= 15 is 0 Å². The highest BCUT2D eigenvalue weighted by Crippen LogP contribution is 2.20. The second-order valence-electron chi connectivity index (χ2n) is 2.70. The number of hydrogen-bond donors (Lipinski definition) is 2. The maximum absolute atomic E-state index is 10.7. The standard InChI is InChI=1S/C8H12N2O2S/c1-10(8(11)12)7(4-9)6-2-3-13-5-6/h2-3,5,7H,4,9H2,1H3,(H,11,12). The topological polar surface area (TPSA) is 66.6 Å². The summed E-state index contributed by atoms with van der Waals surface area (Å²) < 4.78 is 0. The molecule has 0 spiro atoms. The Kier molecular flexibility index (Phi) is 3.27. The van der Waals surface area contributed by atoms with Gasteiger partial charge in [-0.1, -0.05) is 0 Å². The van der Waals surface area contributed by atoms with Crippen molar-refractivity contribution in [3.05, 3.63) is 22.4 Å². The Morgan fingerprint density at radius 3 is 2.92 bits per heavy atom. The lowest BCUT2D eigenvalue weighted by molar-refractivity contribution is 0.140. The molecule has 1 amide bonds. The first kappa shape index (κ1) is 10.0. The summed E-state index contributed by atoms with van der Waals surface area (Å²) in [5.41, 5.74) is 6.46. The van der Waals surface area contributed by atoms with Crippen LogP contribution in [0.1, 0.15) is 11.6 Å². The van der Waals surface area contributed by atoms with Gasteiger partial charge in [0.05, 0.1) is 6.04 Å². The molecule has 0 fully saturated rings. The third kappa shape index (κ3) is 2.19. The first-order valence-electron chi connectivity index (χ1n) is 3.84. The van der Waals surface area contributed by atoms with Crippen molar-refractivity contribution < 1.29 is 9.90 Å². The minimum Gasteiger partial charge on any atom is -0.465 e. The zero-order valence-corrected chi connectivity index (χ0v) is 8.12. The molecule has 72 valence electrons. The maximum atomic E-state index is 10.7. The van der Waals surface area contributed by atoms with Crippen LogP contribution in [0.5, 0.6) is 0 Å². The van der Waals surface area contributed by atoms with E-state index in [1.807, 2.05) is 16.8 Å². The second kappa shape index (κ2) is 4.25. The van der Waals surface area contributed by atoms with Crippen LogP contribution in [0.4, 0.5) is 4.79 Å². The minimum atomic E-state index is -0.957. The van der Waals surface area contributed by atoms with Crippen LogP contribution in [0.3, 0.4) is 0 Å². The normalized spacial score (nSPS) is 12.5. The molecule has 0 saturated carbocycles. The van der Waals surface area contributed by atoms with Crippen molar-refractivity contribution in [3.8, 4) is 0 Å². The minimum absolute atomic E-state index is 0.233. The Morgan fingerprint density at radius 1 is 1.85 bits per heavy atom. The summed E-state index contributed by atoms with van der Waals surface area (Å²) in [6.07, 6.45) is -0.957. The molecule has 0 radical (unpaired) electrons. The first-order chi connectivity index (χ1) is 6.16. The van der Waals surface area contributed by atoms with Crippen LogP contribution in [-0.2, 0) is 0 Å². The molecule has 1 aromatic rings. The molecule has 4 nitrogen and oxygen atoms in total. The molecule has 1 rings (SSSR count). The fourth-order valence-electron chi connectivity index (χ4n) is 1.12. The van der Waals surface area contributed by atoms with E-state index in [4.69, 9.17) is 10.8 Å². The summed E-state index contributed by atoms with van der Waals surface area (Å²) in [7, 11) is 1.53. The molecule has 0 aliphatic carbocycles. The quantitative estimate of drug-likeness (QED) is 0.774. The zero-order valence-electron chi connectivity index (χ0n) is 7.30. The highest BCUT2D eigenvalue weighted by Gasteiger charge is 2.19. The van der Waals surface area contributed by atoms with Gasteiger partial charge in [0.25, 0.3) is 0 Å². The van der Waals surface area contributed by atoms with Gasteiger partial charge in [-0.25, -0.2) is 4.79 Å². The van der Waals surface area contributed by atoms with Gasteiger partial charge in [-0.15, -0.1) is 0 Å². The molecule has 0 aliphatic rings. The van der Waals surface area contributed by atoms with E-state index in [9.17, 15) is 4.79 Å². The highest BCUT2D eigenvalue weighted by atomic mass is 32.1. The molecule has 0 saturated heterocycles. The summed E-state index contributed by atoms with van der Waals surface area (Å²) in [6, 6.07) is 1.66. The van der Waals surface area contributed by atoms with E-state index in [2.05, 4.69) is 0 Å². The van der Waals surface area contributed by atoms with E-state index in [0.717, 1.165) is 5.56 Å². The van der Waals surface area contributed by atoms with Gasteiger partial charge in [-0.05, 0) is 22.4 Å². The van der Waals surface area contributed by atoms with Gasteiger partial charge in [0.2, 0.25) is 0 Å². The predicted octanol–water partition coefficient (Wildman–Crippen LogP) is 1.36. The van der Waals surface area contributed by atoms with E-state index in [-0.39, 0.29) is 6.04 Å². The highest BCUT2D eigenvalue weighted by molar-refractivity contribution is 7.07. The van der Waals surface area contributed by atoms with Gasteiger partial charge in [0.15, 0.2) is 0 Å². The molecule has 0 aliphatic heterocycles. The fraction of sp³-hybridized carbons (Fsp3) is 0.375. The van der Waals surface area contributed by atoms with Gasteiger partial charge in [-0.2, -0.15) is 11.3 Å². The Morgan fingerprint density at radius 2 is 2.54 bits per heavy atom. The number of thiophene rings is 1. The van der Waals surface area contributed by atoms with E-state index < -0.39 is 6.09 Å². The number of amides is 1. The van der Waals surface area contributed by atoms with Crippen molar-refractivity contribution in [2.24, 2.45) is 5.73 Å². The lowest BCUT2D eigenvalue weighted by Gasteiger charge is -2.23. The summed E-state index contributed by atoms with van der Waals surface area (Å²) in [5, 5.41) is 12.6. The summed E-state index contributed by atoms with van der Waals surface area (Å²) in [6.45, 7) is 0.305. The van der Waals surface area contributed by atoms with E-state index in [1.165, 1.54) is 23.3 Å². The molecule has 1 unspecified atom stereocenters. The predicted molar refractivity (Wildman–Crippen MR) is 51.9 cm³/mol. The SMILES string of the molecule is CN(C(=O)O)C(CN)c1ccsc1. The second-order valence-corrected chi connectivity index (χ2v) is 3.48. The Balaban J connectivity index is 2.79. The van der Waals surface area contributed by atoms with Gasteiger partial charge in [0.1, 0.15) is 0 Å². The Hall–Kier alpha value is -1.07. The molecule has 0 bridgehead atoms. The average molecular weight is 200 g/mol. The lowest BCUT2D eigenvalue weighted by Crippen LogP contribution is -2.34. The third-order valence-corrected chi connectivity index (χ3v) is 2.62. The number of hydrogen-bond acceptors (Lipinski definition) is 3. The van der Waals surface area contributed by atoms with Gasteiger partial charge in [-0.3, -0.25) is 0 Å². The summed E-state index contributed by atoms with van der Waals surface area (Å²) in [4.78, 5) is 11.9. The van der Waals surface area contributed by atoms with Crippen molar-refractivity contribution in [2.75, 3.05) is 13.6 Å². The molecule has 1 atom stereocenters. The lowest BCUT2D eigenvalue weighted by atomic mass is 10.1. The van der Waals surface area contributed by atoms with Crippen LogP contribution in [-0.4, -0.2) is 29.7 Å². The van der Waals surface area contributed by atoms with Crippen molar-refractivity contribution in [2.45, 2.75) is 6.04 Å². The number of carbonyl (C=O) groups is 1. The molecule has 1 heterocycles. The first-order valence-corrected chi connectivity index (χ1v) is 4.79. The molecular formula is C8H12N2O2S. The van der Waals surface area contributed by atoms with E-state index in [0.29, 0.717) is 6.54 Å². The van der Waals surface area contributed by atoms with Crippen molar-refractivity contribution >= 4 is 17.4 Å². The van der Waals surface area contributed by atoms with Gasteiger partial charge >= 0.3 is 6.09 Å². The Labute approximate surface area is 80.6 Å². The van der Waals surface area contributed by atoms with Crippen molar-refractivity contribution in [1.82, 2.24) is 4.90 Å². The largest absolute Gasteiger partial charge is 0.465 e. The maximum Gasteiger partial charge on any atom is 0.407 e. The molecule has 0 aromatic carbocycles. The zero-order chi connectivity index (χ0) is 9.84. The number of rotatable bonds is 3. The molecule has 1 aromatic heterocycles. The molecular weight excluding hydrogens is 188 g/mol. The van der Waals surface area contributed by atoms with Crippen molar-refractivity contribution in [3.63, 3.8) is 0 Å². The van der Waals surface area contributed by atoms with Crippen LogP contribution in [0.25, 0.3) is 0 Å². The third-order valence-electron chi connectivity index (χ3n) is 1.92. The van der Waals surface area contributed by atoms with Crippen LogP contribution in [0.2, 0.25) is 0 Å². The van der Waals surface area contributed by atoms with Crippen LogP contribution in [0, 0.1) is 0 Å². The van der Waals surface area contributed by atoms with Crippen LogP contribution in [0.15, 0.2) is 16.8 Å². The fourth-order valence-corrected chi connectivity index (χ4v) is 1.82. The smallest absolute Gasteiger partial charge is 0.407 e. The number of carboxylic acid groups (broad SMARTS) is 1.